The number of fused-ring (bicyclic) bond motifs is 3. The number of benzene rings is 2. The first kappa shape index (κ1) is 49.2. The zero-order chi connectivity index (χ0) is 47.4. The summed E-state index contributed by atoms with van der Waals surface area (Å²) in [6.07, 6.45) is 6.67. The number of halogens is 2. The average Bonchev–Trinajstić information content (AvgIpc) is 3.81. The Morgan fingerprint density at radius 1 is 0.862 bits per heavy atom. The topological polar surface area (TPSA) is 104 Å². The van der Waals surface area contributed by atoms with Gasteiger partial charge in [0.15, 0.2) is 5.82 Å². The second kappa shape index (κ2) is 18.8. The molecule has 0 unspecified atom stereocenters. The quantitative estimate of drug-likeness (QED) is 0.0945. The minimum absolute atomic E-state index is 0.0102. The Labute approximate surface area is 389 Å². The third-order valence-corrected chi connectivity index (χ3v) is 28.2. The van der Waals surface area contributed by atoms with E-state index < -0.39 is 33.6 Å². The number of anilines is 1. The van der Waals surface area contributed by atoms with Crippen molar-refractivity contribution in [3.8, 4) is 34.5 Å². The molecule has 0 aliphatic carbocycles. The summed E-state index contributed by atoms with van der Waals surface area (Å²) >= 11 is 0. The normalized spacial score (nSPS) is 22.1. The molecule has 3 aliphatic rings. The SMILES string of the molecule is CC(C)[Si](C#Cc1c(F)ccc2cc(O[Si](C(C)C)(C(C)C)C(C)C)cc(-c3ncc4c(N5CCC[C@@](C)(O)C5)nc(OC[C@@]56CCCN5[C@H](CO)CC6)nc4c3F)c12)(C(C)C)C(C)C. The van der Waals surface area contributed by atoms with E-state index in [0.29, 0.717) is 76.0 Å². The predicted octanol–water partition coefficient (Wildman–Crippen LogP) is 12.0. The number of aliphatic hydroxyl groups excluding tert-OH is 1. The maximum absolute atomic E-state index is 18.1. The number of nitrogens with zero attached hydrogens (tertiary/aromatic N) is 5. The van der Waals surface area contributed by atoms with Crippen molar-refractivity contribution in [2.75, 3.05) is 37.7 Å². The first-order valence-electron chi connectivity index (χ1n) is 24.4. The fourth-order valence-corrected chi connectivity index (χ4v) is 23.3. The molecule has 3 fully saturated rings. The van der Waals surface area contributed by atoms with Crippen LogP contribution in [-0.2, 0) is 0 Å². The lowest BCUT2D eigenvalue weighted by Gasteiger charge is -2.42. The largest absolute Gasteiger partial charge is 0.543 e. The molecule has 13 heteroatoms. The molecular formula is C52H75F2N5O4Si2. The molecular weight excluding hydrogens is 853 g/mol. The van der Waals surface area contributed by atoms with Crippen LogP contribution in [0.3, 0.4) is 0 Å². The summed E-state index contributed by atoms with van der Waals surface area (Å²) in [5.41, 5.74) is 4.95. The van der Waals surface area contributed by atoms with Gasteiger partial charge in [-0.3, -0.25) is 9.88 Å². The number of aliphatic hydroxyl groups is 2. The van der Waals surface area contributed by atoms with Gasteiger partial charge in [0, 0.05) is 36.3 Å². The molecule has 0 saturated carbocycles. The standard InChI is InChI=1S/C52H75F2N5O4Si2/c1-32(2)64(33(3)4,34(5)6)25-19-41-44(53)17-16-38-26-40(63-65(35(7)8,36(9)10)37(11)12)27-42(45(38)41)47-46(54)48-43(28-55-47)49(58-23-14-20-51(13,61)30-58)57-50(56-48)62-31-52-21-15-24-59(52)39(29-60)18-22-52/h16-17,26-28,32-37,39,60-61H,14-15,18,20-24,29-31H2,1-13H3/t39-,51+,52-/m0/s1. The van der Waals surface area contributed by atoms with Crippen molar-refractivity contribution in [3.05, 3.63) is 47.7 Å². The number of β-amino-alcohol motifs (C(OH)–C–C–N with tert-alkyl or cyclic N) is 1. The molecule has 2 N–H and O–H groups in total. The lowest BCUT2D eigenvalue weighted by molar-refractivity contribution is 0.0446. The summed E-state index contributed by atoms with van der Waals surface area (Å²) in [7, 11) is -4.84. The first-order valence-corrected chi connectivity index (χ1v) is 28.8. The van der Waals surface area contributed by atoms with Crippen LogP contribution in [0, 0.1) is 23.1 Å². The van der Waals surface area contributed by atoms with E-state index in [1.165, 1.54) is 6.07 Å². The van der Waals surface area contributed by atoms with E-state index in [9.17, 15) is 10.2 Å². The molecule has 9 nitrogen and oxygen atoms in total. The number of pyridine rings is 1. The zero-order valence-corrected chi connectivity index (χ0v) is 43.4. The summed E-state index contributed by atoms with van der Waals surface area (Å²) in [6.45, 7) is 30.8. The van der Waals surface area contributed by atoms with Crippen molar-refractivity contribution < 1.29 is 28.2 Å². The predicted molar refractivity (Wildman–Crippen MR) is 266 cm³/mol. The smallest absolute Gasteiger partial charge is 0.319 e. The van der Waals surface area contributed by atoms with Crippen molar-refractivity contribution in [2.24, 2.45) is 0 Å². The third kappa shape index (κ3) is 8.84. The molecule has 3 saturated heterocycles. The molecule has 3 aliphatic heterocycles. The van der Waals surface area contributed by atoms with E-state index in [2.05, 4.69) is 99.4 Å². The maximum atomic E-state index is 18.1. The summed E-state index contributed by atoms with van der Waals surface area (Å²) in [5.74, 6) is 3.32. The van der Waals surface area contributed by atoms with Crippen LogP contribution < -0.4 is 14.1 Å². The van der Waals surface area contributed by atoms with Gasteiger partial charge < -0.3 is 24.3 Å². The Balaban J connectivity index is 1.48. The maximum Gasteiger partial charge on any atom is 0.319 e. The summed E-state index contributed by atoms with van der Waals surface area (Å²) in [4.78, 5) is 19.0. The van der Waals surface area contributed by atoms with Gasteiger partial charge in [0.2, 0.25) is 0 Å². The minimum atomic E-state index is -2.51. The van der Waals surface area contributed by atoms with Crippen LogP contribution in [-0.4, -0.2) is 96.5 Å². The Hall–Kier alpha value is -3.68. The Morgan fingerprint density at radius 2 is 1.52 bits per heavy atom. The number of rotatable bonds is 14. The second-order valence-electron chi connectivity index (χ2n) is 21.8. The van der Waals surface area contributed by atoms with Crippen LogP contribution in [0.5, 0.6) is 11.8 Å². The van der Waals surface area contributed by atoms with Gasteiger partial charge in [-0.2, -0.15) is 9.97 Å². The van der Waals surface area contributed by atoms with E-state index in [1.54, 1.807) is 12.3 Å². The van der Waals surface area contributed by atoms with Crippen LogP contribution in [0.1, 0.15) is 134 Å². The Bertz CT molecular complexity index is 2410. The first-order chi connectivity index (χ1) is 30.6. The molecule has 3 atom stereocenters. The number of ether oxygens (including phenoxy) is 1. The van der Waals surface area contributed by atoms with Gasteiger partial charge in [-0.25, -0.2) is 8.78 Å². The van der Waals surface area contributed by atoms with Crippen LogP contribution in [0.15, 0.2) is 30.5 Å². The molecule has 2 aromatic carbocycles. The summed E-state index contributed by atoms with van der Waals surface area (Å²) < 4.78 is 48.6. The van der Waals surface area contributed by atoms with Gasteiger partial charge in [0.1, 0.15) is 43.3 Å². The highest BCUT2D eigenvalue weighted by Crippen LogP contribution is 2.47. The fraction of sp³-hybridized carbons (Fsp3) is 0.635. The lowest BCUT2D eigenvalue weighted by Crippen LogP contribution is -2.50. The second-order valence-corrected chi connectivity index (χ2v) is 32.7. The highest BCUT2D eigenvalue weighted by Gasteiger charge is 2.50. The molecule has 354 valence electrons. The van der Waals surface area contributed by atoms with E-state index in [1.807, 2.05) is 24.0 Å². The number of hydrogen-bond donors (Lipinski definition) is 2. The molecule has 7 rings (SSSR count). The van der Waals surface area contributed by atoms with Crippen molar-refractivity contribution >= 4 is 43.9 Å². The van der Waals surface area contributed by atoms with Crippen LogP contribution in [0.25, 0.3) is 32.9 Å². The number of aromatic nitrogens is 3. The van der Waals surface area contributed by atoms with Crippen molar-refractivity contribution in [2.45, 2.75) is 179 Å². The molecule has 0 radical (unpaired) electrons. The highest BCUT2D eigenvalue weighted by atomic mass is 28.4. The van der Waals surface area contributed by atoms with Crippen LogP contribution >= 0.6 is 0 Å². The Kier molecular flexibility index (Phi) is 14.2. The summed E-state index contributed by atoms with van der Waals surface area (Å²) in [5, 5.41) is 23.0. The Morgan fingerprint density at radius 3 is 2.14 bits per heavy atom. The van der Waals surface area contributed by atoms with Crippen molar-refractivity contribution in [1.29, 1.82) is 0 Å². The molecule has 0 spiro atoms. The third-order valence-electron chi connectivity index (χ3n) is 15.9. The zero-order valence-electron chi connectivity index (χ0n) is 41.4. The van der Waals surface area contributed by atoms with Crippen LogP contribution in [0.4, 0.5) is 14.6 Å². The summed E-state index contributed by atoms with van der Waals surface area (Å²) in [6, 6.07) is 7.17. The van der Waals surface area contributed by atoms with E-state index in [-0.39, 0.29) is 57.6 Å². The van der Waals surface area contributed by atoms with E-state index in [0.717, 1.165) is 38.6 Å². The van der Waals surface area contributed by atoms with Gasteiger partial charge in [0.05, 0.1) is 28.7 Å². The lowest BCUT2D eigenvalue weighted by atomic mass is 9.94. The van der Waals surface area contributed by atoms with Crippen molar-refractivity contribution in [1.82, 2.24) is 19.9 Å². The molecule has 2 aromatic heterocycles. The van der Waals surface area contributed by atoms with E-state index >= 15 is 8.78 Å². The number of hydrogen-bond acceptors (Lipinski definition) is 9. The molecule has 0 amide bonds. The molecule has 5 heterocycles. The minimum Gasteiger partial charge on any atom is -0.543 e. The number of piperidine rings is 1. The van der Waals surface area contributed by atoms with Gasteiger partial charge >= 0.3 is 6.01 Å². The van der Waals surface area contributed by atoms with E-state index in [4.69, 9.17) is 24.1 Å². The van der Waals surface area contributed by atoms with Gasteiger partial charge in [0.25, 0.3) is 8.32 Å². The highest BCUT2D eigenvalue weighted by molar-refractivity contribution is 6.90. The van der Waals surface area contributed by atoms with Gasteiger partial charge in [-0.05, 0) is 109 Å². The average molecular weight is 928 g/mol. The van der Waals surface area contributed by atoms with Crippen molar-refractivity contribution in [3.63, 3.8) is 0 Å². The molecule has 0 bridgehead atoms. The molecule has 4 aromatic rings. The van der Waals surface area contributed by atoms with Crippen LogP contribution in [0.2, 0.25) is 33.2 Å². The van der Waals surface area contributed by atoms with Gasteiger partial charge in [-0.1, -0.05) is 95.1 Å². The monoisotopic (exact) mass is 928 g/mol. The van der Waals surface area contributed by atoms with Gasteiger partial charge in [-0.15, -0.1) is 5.54 Å². The molecule has 65 heavy (non-hydrogen) atoms. The fourth-order valence-electron chi connectivity index (χ4n) is 12.9.